The summed E-state index contributed by atoms with van der Waals surface area (Å²) in [5.41, 5.74) is -0.0833. The Hall–Kier alpha value is -4.20. The highest BCUT2D eigenvalue weighted by Gasteiger charge is 2.20. The van der Waals surface area contributed by atoms with E-state index in [0.29, 0.717) is 5.56 Å². The van der Waals surface area contributed by atoms with E-state index in [1.54, 1.807) is 19.1 Å². The molecule has 0 saturated heterocycles. The number of nitrogens with one attached hydrogen (secondary N) is 1. The third-order valence-electron chi connectivity index (χ3n) is 4.37. The van der Waals surface area contributed by atoms with Crippen molar-refractivity contribution in [3.63, 3.8) is 0 Å². The van der Waals surface area contributed by atoms with Crippen LogP contribution in [0.5, 0.6) is 0 Å². The van der Waals surface area contributed by atoms with Gasteiger partial charge < -0.3 is 9.73 Å². The van der Waals surface area contributed by atoms with Crippen LogP contribution in [0.1, 0.15) is 11.3 Å². The van der Waals surface area contributed by atoms with E-state index in [-0.39, 0.29) is 49.8 Å². The molecule has 10 nitrogen and oxygen atoms in total. The topological polar surface area (TPSA) is 152 Å². The van der Waals surface area contributed by atoms with Crippen molar-refractivity contribution in [2.24, 2.45) is 0 Å². The first-order valence-corrected chi connectivity index (χ1v) is 9.78. The fraction of sp³-hybridized carbons (Fsp3) is 0.0476. The Labute approximate surface area is 195 Å². The molecule has 0 radical (unpaired) electrons. The van der Waals surface area contributed by atoms with Gasteiger partial charge in [-0.25, -0.2) is 0 Å². The molecule has 2 aromatic carbocycles. The molecule has 0 saturated carbocycles. The number of furan rings is 1. The predicted octanol–water partition coefficient (Wildman–Crippen LogP) is 5.92. The zero-order chi connectivity index (χ0) is 24.3. The molecule has 0 aliphatic heterocycles. The molecule has 1 N–H and O–H groups in total. The maximum atomic E-state index is 12.5. The molecule has 0 aliphatic carbocycles. The molecule has 1 amide bonds. The molecule has 0 unspecified atom stereocenters. The molecular weight excluding hydrogens is 475 g/mol. The molecule has 0 bridgehead atoms. The van der Waals surface area contributed by atoms with Crippen LogP contribution in [0, 0.1) is 38.5 Å². The average molecular weight is 487 g/mol. The van der Waals surface area contributed by atoms with Gasteiger partial charge in [-0.3, -0.25) is 25.0 Å². The largest absolute Gasteiger partial charge is 0.456 e. The van der Waals surface area contributed by atoms with Crippen molar-refractivity contribution in [2.75, 3.05) is 5.32 Å². The van der Waals surface area contributed by atoms with E-state index in [4.69, 9.17) is 27.6 Å². The highest BCUT2D eigenvalue weighted by Crippen LogP contribution is 2.35. The molecule has 0 aliphatic rings. The average Bonchev–Trinajstić information content (AvgIpc) is 3.22. The summed E-state index contributed by atoms with van der Waals surface area (Å²) in [5, 5.41) is 33.6. The Kier molecular flexibility index (Phi) is 6.77. The SMILES string of the molecule is Cc1ccc(-c2ccc(/C=C(\C#N)C(=O)Nc3c(Cl)cc([N+](=O)[O-])cc3Cl)o2)c([N+](=O)[O-])c1. The van der Waals surface area contributed by atoms with Crippen molar-refractivity contribution in [3.8, 4) is 17.4 Å². The van der Waals surface area contributed by atoms with Gasteiger partial charge in [-0.2, -0.15) is 5.26 Å². The molecule has 1 aromatic heterocycles. The number of nitro groups is 2. The lowest BCUT2D eigenvalue weighted by Gasteiger charge is -2.08. The normalized spacial score (nSPS) is 11.0. The van der Waals surface area contributed by atoms with Gasteiger partial charge in [-0.1, -0.05) is 29.3 Å². The lowest BCUT2D eigenvalue weighted by atomic mass is 10.1. The van der Waals surface area contributed by atoms with Gasteiger partial charge in [0.05, 0.1) is 31.1 Å². The number of nitrogens with zero attached hydrogens (tertiary/aromatic N) is 3. The van der Waals surface area contributed by atoms with Crippen LogP contribution in [0.15, 0.2) is 52.5 Å². The van der Waals surface area contributed by atoms with Crippen molar-refractivity contribution in [1.82, 2.24) is 0 Å². The second-order valence-corrected chi connectivity index (χ2v) is 7.46. The zero-order valence-electron chi connectivity index (χ0n) is 16.7. The summed E-state index contributed by atoms with van der Waals surface area (Å²) in [5.74, 6) is -0.631. The smallest absolute Gasteiger partial charge is 0.280 e. The summed E-state index contributed by atoms with van der Waals surface area (Å²) in [6.07, 6.45) is 1.13. The van der Waals surface area contributed by atoms with E-state index >= 15 is 0 Å². The Morgan fingerprint density at radius 2 is 1.76 bits per heavy atom. The quantitative estimate of drug-likeness (QED) is 0.196. The number of carbonyl (C=O) groups excluding carboxylic acids is 1. The Morgan fingerprint density at radius 1 is 1.09 bits per heavy atom. The van der Waals surface area contributed by atoms with Crippen molar-refractivity contribution >= 4 is 52.2 Å². The standard InChI is InChI=1S/C21H12Cl2N4O6/c1-11-2-4-15(18(6-11)27(31)32)19-5-3-14(33-19)7-12(10-24)21(28)25-20-16(22)8-13(26(29)30)9-17(20)23/h2-9H,1H3,(H,25,28)/b12-7+. The number of halogens is 2. The Balaban J connectivity index is 1.90. The maximum Gasteiger partial charge on any atom is 0.280 e. The number of non-ortho nitro benzene ring substituents is 1. The minimum Gasteiger partial charge on any atom is -0.456 e. The molecule has 0 spiro atoms. The van der Waals surface area contributed by atoms with E-state index < -0.39 is 15.8 Å². The molecule has 1 heterocycles. The van der Waals surface area contributed by atoms with Gasteiger partial charge in [0.1, 0.15) is 23.2 Å². The fourth-order valence-corrected chi connectivity index (χ4v) is 3.40. The maximum absolute atomic E-state index is 12.5. The first-order valence-electron chi connectivity index (χ1n) is 9.02. The fourth-order valence-electron chi connectivity index (χ4n) is 2.83. The zero-order valence-corrected chi connectivity index (χ0v) is 18.2. The van der Waals surface area contributed by atoms with Crippen molar-refractivity contribution in [1.29, 1.82) is 5.26 Å². The van der Waals surface area contributed by atoms with Crippen molar-refractivity contribution in [2.45, 2.75) is 6.92 Å². The minimum absolute atomic E-state index is 0.0902. The summed E-state index contributed by atoms with van der Waals surface area (Å²) >= 11 is 11.9. The van der Waals surface area contributed by atoms with Crippen LogP contribution < -0.4 is 5.32 Å². The summed E-state index contributed by atoms with van der Waals surface area (Å²) in [6.45, 7) is 1.72. The van der Waals surface area contributed by atoms with Crippen molar-refractivity contribution < 1.29 is 19.1 Å². The van der Waals surface area contributed by atoms with Crippen LogP contribution in [0.3, 0.4) is 0 Å². The predicted molar refractivity (Wildman–Crippen MR) is 121 cm³/mol. The van der Waals surface area contributed by atoms with E-state index in [9.17, 15) is 30.3 Å². The van der Waals surface area contributed by atoms with Crippen LogP contribution in [-0.4, -0.2) is 15.8 Å². The summed E-state index contributed by atoms with van der Waals surface area (Å²) < 4.78 is 5.58. The molecule has 33 heavy (non-hydrogen) atoms. The molecule has 0 atom stereocenters. The lowest BCUT2D eigenvalue weighted by molar-refractivity contribution is -0.384. The van der Waals surface area contributed by atoms with Gasteiger partial charge in [0.25, 0.3) is 17.3 Å². The lowest BCUT2D eigenvalue weighted by Crippen LogP contribution is -2.14. The first-order chi connectivity index (χ1) is 15.6. The second-order valence-electron chi connectivity index (χ2n) is 6.65. The van der Waals surface area contributed by atoms with Crippen LogP contribution in [0.25, 0.3) is 17.4 Å². The number of carbonyl (C=O) groups is 1. The highest BCUT2D eigenvalue weighted by atomic mass is 35.5. The van der Waals surface area contributed by atoms with Gasteiger partial charge in [0.15, 0.2) is 0 Å². The molecule has 166 valence electrons. The van der Waals surface area contributed by atoms with E-state index in [2.05, 4.69) is 5.32 Å². The Morgan fingerprint density at radius 3 is 2.33 bits per heavy atom. The van der Waals surface area contributed by atoms with Crippen LogP contribution >= 0.6 is 23.2 Å². The summed E-state index contributed by atoms with van der Waals surface area (Å²) in [4.78, 5) is 33.5. The number of nitriles is 1. The van der Waals surface area contributed by atoms with E-state index in [1.165, 1.54) is 24.3 Å². The number of hydrogen-bond donors (Lipinski definition) is 1. The number of anilines is 1. The Bertz CT molecular complexity index is 1350. The van der Waals surface area contributed by atoms with Crippen LogP contribution in [-0.2, 0) is 4.79 Å². The van der Waals surface area contributed by atoms with Crippen LogP contribution in [0.2, 0.25) is 10.0 Å². The third-order valence-corrected chi connectivity index (χ3v) is 4.97. The van der Waals surface area contributed by atoms with Gasteiger partial charge in [0, 0.05) is 24.3 Å². The number of aryl methyl sites for hydroxylation is 1. The minimum atomic E-state index is -0.894. The van der Waals surface area contributed by atoms with Gasteiger partial charge >= 0.3 is 0 Å². The molecule has 12 heteroatoms. The van der Waals surface area contributed by atoms with Crippen LogP contribution in [0.4, 0.5) is 17.1 Å². The molecule has 3 aromatic rings. The highest BCUT2D eigenvalue weighted by molar-refractivity contribution is 6.40. The number of nitro benzene ring substituents is 2. The second kappa shape index (κ2) is 9.52. The summed E-state index contributed by atoms with van der Waals surface area (Å²) in [6, 6.07) is 11.3. The molecular formula is C21H12Cl2N4O6. The molecule has 0 fully saturated rings. The van der Waals surface area contributed by atoms with E-state index in [1.807, 2.05) is 0 Å². The summed E-state index contributed by atoms with van der Waals surface area (Å²) in [7, 11) is 0. The van der Waals surface area contributed by atoms with Crippen molar-refractivity contribution in [3.05, 3.63) is 89.6 Å². The first kappa shape index (κ1) is 23.5. The third kappa shape index (κ3) is 5.17. The number of benzene rings is 2. The monoisotopic (exact) mass is 486 g/mol. The van der Waals surface area contributed by atoms with Gasteiger partial charge in [-0.15, -0.1) is 0 Å². The number of hydrogen-bond acceptors (Lipinski definition) is 7. The van der Waals surface area contributed by atoms with Gasteiger partial charge in [-0.05, 0) is 30.7 Å². The van der Waals surface area contributed by atoms with E-state index in [0.717, 1.165) is 18.2 Å². The number of rotatable bonds is 6. The van der Waals surface area contributed by atoms with Gasteiger partial charge in [0.2, 0.25) is 0 Å². The molecule has 3 rings (SSSR count). The number of amides is 1.